The van der Waals surface area contributed by atoms with E-state index in [1.165, 1.54) is 37.7 Å². The molecule has 2 unspecified atom stereocenters. The first-order valence-corrected chi connectivity index (χ1v) is 7.04. The first-order chi connectivity index (χ1) is 8.18. The summed E-state index contributed by atoms with van der Waals surface area (Å²) in [7, 11) is 0. The second-order valence-corrected chi connectivity index (χ2v) is 5.81. The maximum Gasteiger partial charge on any atom is 0.0950 e. The molecule has 1 nitrogen and oxygen atoms in total. The summed E-state index contributed by atoms with van der Waals surface area (Å²) in [5.41, 5.74) is 2.34. The number of hydrogen-bond acceptors (Lipinski definition) is 1. The Labute approximate surface area is 109 Å². The number of aliphatic hydroxyl groups excluding tert-OH is 1. The van der Waals surface area contributed by atoms with Gasteiger partial charge < -0.3 is 5.11 Å². The third-order valence-electron chi connectivity index (χ3n) is 3.79. The molecule has 0 spiro atoms. The predicted octanol–water partition coefficient (Wildman–Crippen LogP) is 4.40. The van der Waals surface area contributed by atoms with Gasteiger partial charge in [-0.15, -0.1) is 11.6 Å². The first kappa shape index (κ1) is 12.9. The quantitative estimate of drug-likeness (QED) is 0.791. The lowest BCUT2D eigenvalue weighted by Crippen LogP contribution is -2.09. The van der Waals surface area contributed by atoms with E-state index in [0.29, 0.717) is 0 Å². The molecule has 0 radical (unpaired) electrons. The highest BCUT2D eigenvalue weighted by Gasteiger charge is 2.17. The topological polar surface area (TPSA) is 20.2 Å². The van der Waals surface area contributed by atoms with Gasteiger partial charge in [0, 0.05) is 0 Å². The molecule has 1 saturated carbocycles. The van der Waals surface area contributed by atoms with E-state index in [4.69, 9.17) is 11.6 Å². The smallest absolute Gasteiger partial charge is 0.0950 e. The van der Waals surface area contributed by atoms with E-state index in [1.54, 1.807) is 0 Å². The summed E-state index contributed by atoms with van der Waals surface area (Å²) in [6, 6.07) is 8.36. The van der Waals surface area contributed by atoms with Gasteiger partial charge in [-0.25, -0.2) is 0 Å². The fourth-order valence-corrected chi connectivity index (χ4v) is 2.81. The molecule has 1 N–H and O–H groups in total. The van der Waals surface area contributed by atoms with E-state index in [9.17, 15) is 5.11 Å². The third-order valence-corrected chi connectivity index (χ3v) is 4.03. The van der Waals surface area contributed by atoms with Crippen LogP contribution in [0.4, 0.5) is 0 Å². The van der Waals surface area contributed by atoms with E-state index >= 15 is 0 Å². The van der Waals surface area contributed by atoms with Crippen molar-refractivity contribution >= 4 is 11.6 Å². The second-order valence-electron chi connectivity index (χ2n) is 5.12. The van der Waals surface area contributed by atoms with Gasteiger partial charge in [-0.2, -0.15) is 0 Å². The summed E-state index contributed by atoms with van der Waals surface area (Å²) >= 11 is 5.90. The van der Waals surface area contributed by atoms with Gasteiger partial charge in [0.25, 0.3) is 0 Å². The molecular weight excluding hydrogens is 232 g/mol. The molecule has 0 bridgehead atoms. The van der Waals surface area contributed by atoms with Gasteiger partial charge in [-0.3, -0.25) is 0 Å². The highest BCUT2D eigenvalue weighted by atomic mass is 35.5. The predicted molar refractivity (Wildman–Crippen MR) is 72.5 cm³/mol. The van der Waals surface area contributed by atoms with Gasteiger partial charge in [0.15, 0.2) is 0 Å². The Kier molecular flexibility index (Phi) is 4.47. The number of hydrogen-bond donors (Lipinski definition) is 1. The molecule has 1 aromatic rings. The molecule has 0 heterocycles. The number of benzene rings is 1. The van der Waals surface area contributed by atoms with Crippen LogP contribution in [0.3, 0.4) is 0 Å². The number of halogens is 1. The van der Waals surface area contributed by atoms with Crippen molar-refractivity contribution in [1.82, 2.24) is 0 Å². The average Bonchev–Trinajstić information content (AvgIpc) is 2.39. The van der Waals surface area contributed by atoms with Crippen LogP contribution in [0.2, 0.25) is 0 Å². The normalized spacial score (nSPS) is 21.1. The molecule has 94 valence electrons. The van der Waals surface area contributed by atoms with Crippen LogP contribution in [0.1, 0.15) is 62.2 Å². The lowest BCUT2D eigenvalue weighted by molar-refractivity contribution is 0.177. The maximum atomic E-state index is 9.87. The van der Waals surface area contributed by atoms with Crippen molar-refractivity contribution in [3.8, 4) is 0 Å². The van der Waals surface area contributed by atoms with Crippen molar-refractivity contribution in [2.45, 2.75) is 56.4 Å². The van der Waals surface area contributed by atoms with Crippen LogP contribution in [0, 0.1) is 0 Å². The highest BCUT2D eigenvalue weighted by molar-refractivity contribution is 6.20. The van der Waals surface area contributed by atoms with E-state index < -0.39 is 6.10 Å². The van der Waals surface area contributed by atoms with Crippen LogP contribution in [0.5, 0.6) is 0 Å². The van der Waals surface area contributed by atoms with Crippen LogP contribution < -0.4 is 0 Å². The molecule has 0 amide bonds. The fraction of sp³-hybridized carbons (Fsp3) is 0.600. The molecule has 0 aromatic heterocycles. The Hall–Kier alpha value is -0.530. The largest absolute Gasteiger partial charge is 0.387 e. The summed E-state index contributed by atoms with van der Waals surface area (Å²) in [4.78, 5) is 0. The summed E-state index contributed by atoms with van der Waals surface area (Å²) in [5, 5.41) is 9.63. The molecule has 1 aromatic carbocycles. The summed E-state index contributed by atoms with van der Waals surface area (Å²) < 4.78 is 0. The Morgan fingerprint density at radius 2 is 1.71 bits per heavy atom. The fourth-order valence-electron chi connectivity index (χ4n) is 2.67. The zero-order valence-corrected chi connectivity index (χ0v) is 11.2. The van der Waals surface area contributed by atoms with Gasteiger partial charge in [-0.05, 0) is 36.8 Å². The molecule has 1 aliphatic rings. The molecule has 1 aliphatic carbocycles. The average molecular weight is 253 g/mol. The molecule has 0 saturated heterocycles. The van der Waals surface area contributed by atoms with Crippen LogP contribution in [0.15, 0.2) is 24.3 Å². The minimum absolute atomic E-state index is 0.240. The number of aliphatic hydroxyl groups is 1. The second kappa shape index (κ2) is 5.88. The summed E-state index contributed by atoms with van der Waals surface area (Å²) in [6.07, 6.45) is 6.16. The van der Waals surface area contributed by atoms with Crippen molar-refractivity contribution in [2.24, 2.45) is 0 Å². The van der Waals surface area contributed by atoms with Crippen molar-refractivity contribution in [3.05, 3.63) is 35.4 Å². The number of rotatable bonds is 3. The zero-order chi connectivity index (χ0) is 12.3. The molecule has 2 atom stereocenters. The summed E-state index contributed by atoms with van der Waals surface area (Å²) in [6.45, 7) is 1.82. The van der Waals surface area contributed by atoms with Crippen molar-refractivity contribution in [2.75, 3.05) is 0 Å². The molecular formula is C15H21ClO. The van der Waals surface area contributed by atoms with Gasteiger partial charge in [0.05, 0.1) is 11.5 Å². The van der Waals surface area contributed by atoms with E-state index in [0.717, 1.165) is 11.5 Å². The first-order valence-electron chi connectivity index (χ1n) is 6.60. The van der Waals surface area contributed by atoms with Crippen molar-refractivity contribution < 1.29 is 5.11 Å². The van der Waals surface area contributed by atoms with Crippen LogP contribution >= 0.6 is 11.6 Å². The van der Waals surface area contributed by atoms with Crippen LogP contribution in [0.25, 0.3) is 0 Å². The maximum absolute atomic E-state index is 9.87. The molecule has 2 heteroatoms. The lowest BCUT2D eigenvalue weighted by Gasteiger charge is -2.22. The monoisotopic (exact) mass is 252 g/mol. The highest BCUT2D eigenvalue weighted by Crippen LogP contribution is 2.33. The minimum Gasteiger partial charge on any atom is -0.387 e. The molecule has 0 aliphatic heterocycles. The van der Waals surface area contributed by atoms with E-state index in [1.807, 2.05) is 19.1 Å². The molecule has 2 rings (SSSR count). The van der Waals surface area contributed by atoms with Crippen LogP contribution in [-0.4, -0.2) is 10.5 Å². The van der Waals surface area contributed by atoms with Crippen molar-refractivity contribution in [3.63, 3.8) is 0 Å². The van der Waals surface area contributed by atoms with E-state index in [2.05, 4.69) is 12.1 Å². The third kappa shape index (κ3) is 3.23. The van der Waals surface area contributed by atoms with Gasteiger partial charge in [-0.1, -0.05) is 43.5 Å². The van der Waals surface area contributed by atoms with Gasteiger partial charge in [0.2, 0.25) is 0 Å². The molecule has 17 heavy (non-hydrogen) atoms. The Balaban J connectivity index is 2.06. The zero-order valence-electron chi connectivity index (χ0n) is 10.4. The minimum atomic E-state index is -0.558. The Morgan fingerprint density at radius 1 is 1.12 bits per heavy atom. The van der Waals surface area contributed by atoms with Crippen molar-refractivity contribution in [1.29, 1.82) is 0 Å². The SMILES string of the molecule is CC(Cl)C(O)c1ccc(C2CCCCC2)cc1. The molecule has 1 fully saturated rings. The number of alkyl halides is 1. The standard InChI is InChI=1S/C15H21ClO/c1-11(16)15(17)14-9-7-13(8-10-14)12-5-3-2-4-6-12/h7-12,15,17H,2-6H2,1H3. The lowest BCUT2D eigenvalue weighted by atomic mass is 9.84. The Bertz CT molecular complexity index is 338. The van der Waals surface area contributed by atoms with E-state index in [-0.39, 0.29) is 5.38 Å². The van der Waals surface area contributed by atoms with Crippen LogP contribution in [-0.2, 0) is 0 Å². The van der Waals surface area contributed by atoms with Gasteiger partial charge in [0.1, 0.15) is 0 Å². The van der Waals surface area contributed by atoms with Gasteiger partial charge >= 0.3 is 0 Å². The summed E-state index contributed by atoms with van der Waals surface area (Å²) in [5.74, 6) is 0.725. The Morgan fingerprint density at radius 3 is 2.24 bits per heavy atom.